The predicted octanol–water partition coefficient (Wildman–Crippen LogP) is 9.93. The number of fused-ring (bicyclic) bond motifs is 3. The van der Waals surface area contributed by atoms with E-state index in [4.69, 9.17) is 0 Å². The van der Waals surface area contributed by atoms with Gasteiger partial charge < -0.3 is 0 Å². The van der Waals surface area contributed by atoms with Gasteiger partial charge in [-0.3, -0.25) is 0 Å². The molecule has 7 rings (SSSR count). The summed E-state index contributed by atoms with van der Waals surface area (Å²) in [7, 11) is 0. The van der Waals surface area contributed by atoms with Crippen LogP contribution >= 0.6 is 0 Å². The Kier molecular flexibility index (Phi) is 5.30. The van der Waals surface area contributed by atoms with Crippen LogP contribution in [0.15, 0.2) is 146 Å². The van der Waals surface area contributed by atoms with Gasteiger partial charge in [-0.25, -0.2) is 0 Å². The third-order valence-electron chi connectivity index (χ3n) is 7.54. The first-order chi connectivity index (χ1) is 18.3. The molecule has 0 unspecified atom stereocenters. The zero-order valence-corrected chi connectivity index (χ0v) is 20.6. The SMILES string of the molecule is c1ccc(-c2ccc(-c3ccc4c(c3)-c3cc(-c5ccc(-c6ccccc6)cc5)ccc3C4)cc2)cc1. The molecule has 0 N–H and O–H groups in total. The molecule has 0 atom stereocenters. The fourth-order valence-electron chi connectivity index (χ4n) is 5.50. The summed E-state index contributed by atoms with van der Waals surface area (Å²) in [6.45, 7) is 0. The Morgan fingerprint density at radius 1 is 0.270 bits per heavy atom. The van der Waals surface area contributed by atoms with E-state index in [9.17, 15) is 0 Å². The summed E-state index contributed by atoms with van der Waals surface area (Å²) in [6, 6.07) is 52.9. The molecular formula is C37H26. The van der Waals surface area contributed by atoms with Gasteiger partial charge in [0.05, 0.1) is 0 Å². The van der Waals surface area contributed by atoms with Crippen molar-refractivity contribution in [2.75, 3.05) is 0 Å². The second kappa shape index (κ2) is 9.08. The topological polar surface area (TPSA) is 0 Å². The molecule has 0 nitrogen and oxygen atoms in total. The van der Waals surface area contributed by atoms with E-state index in [0.717, 1.165) is 6.42 Å². The van der Waals surface area contributed by atoms with Gasteiger partial charge in [-0.1, -0.05) is 133 Å². The van der Waals surface area contributed by atoms with Gasteiger partial charge in [0.2, 0.25) is 0 Å². The minimum absolute atomic E-state index is 1.01. The van der Waals surface area contributed by atoms with Gasteiger partial charge in [-0.2, -0.15) is 0 Å². The van der Waals surface area contributed by atoms with Crippen LogP contribution in [0.5, 0.6) is 0 Å². The molecule has 1 aliphatic rings. The summed E-state index contributed by atoms with van der Waals surface area (Å²) in [5, 5.41) is 0. The Labute approximate surface area is 218 Å². The standard InChI is InChI=1S/C37H26/c1-3-7-26(8-4-1)28-11-15-30(16-12-28)32-19-21-34-23-35-22-20-33(25-37(35)36(34)24-32)31-17-13-29(14-18-31)27-9-5-2-6-10-27/h1-22,24-25H,23H2. The summed E-state index contributed by atoms with van der Waals surface area (Å²) in [5.41, 5.74) is 15.6. The van der Waals surface area contributed by atoms with Gasteiger partial charge in [0, 0.05) is 0 Å². The van der Waals surface area contributed by atoms with Crippen LogP contribution in [0.4, 0.5) is 0 Å². The van der Waals surface area contributed by atoms with Crippen LogP contribution in [0.2, 0.25) is 0 Å². The highest BCUT2D eigenvalue weighted by Crippen LogP contribution is 2.41. The summed E-state index contributed by atoms with van der Waals surface area (Å²) in [5.74, 6) is 0. The maximum atomic E-state index is 2.38. The van der Waals surface area contributed by atoms with E-state index in [0.29, 0.717) is 0 Å². The molecule has 6 aromatic rings. The Hall–Kier alpha value is -4.68. The highest BCUT2D eigenvalue weighted by molar-refractivity contribution is 5.85. The molecule has 174 valence electrons. The van der Waals surface area contributed by atoms with Crippen molar-refractivity contribution < 1.29 is 0 Å². The van der Waals surface area contributed by atoms with E-state index in [1.165, 1.54) is 66.8 Å². The number of benzene rings is 6. The molecule has 0 saturated carbocycles. The number of hydrogen-bond acceptors (Lipinski definition) is 0. The third kappa shape index (κ3) is 4.07. The van der Waals surface area contributed by atoms with Crippen molar-refractivity contribution in [3.63, 3.8) is 0 Å². The molecule has 6 aromatic carbocycles. The van der Waals surface area contributed by atoms with E-state index >= 15 is 0 Å². The van der Waals surface area contributed by atoms with Crippen molar-refractivity contribution in [1.29, 1.82) is 0 Å². The maximum absolute atomic E-state index is 2.38. The Morgan fingerprint density at radius 3 is 0.946 bits per heavy atom. The molecule has 0 heteroatoms. The van der Waals surface area contributed by atoms with Crippen molar-refractivity contribution in [3.05, 3.63) is 157 Å². The van der Waals surface area contributed by atoms with Crippen LogP contribution < -0.4 is 0 Å². The molecule has 0 heterocycles. The highest BCUT2D eigenvalue weighted by Gasteiger charge is 2.20. The van der Waals surface area contributed by atoms with Crippen LogP contribution in [0.3, 0.4) is 0 Å². The van der Waals surface area contributed by atoms with E-state index in [-0.39, 0.29) is 0 Å². The van der Waals surface area contributed by atoms with Crippen LogP contribution in [0.25, 0.3) is 55.6 Å². The fourth-order valence-corrected chi connectivity index (χ4v) is 5.50. The summed E-state index contributed by atoms with van der Waals surface area (Å²) < 4.78 is 0. The number of hydrogen-bond donors (Lipinski definition) is 0. The Bertz CT molecular complexity index is 1560. The van der Waals surface area contributed by atoms with Crippen LogP contribution in [0.1, 0.15) is 11.1 Å². The van der Waals surface area contributed by atoms with Crippen molar-refractivity contribution >= 4 is 0 Å². The summed E-state index contributed by atoms with van der Waals surface area (Å²) in [4.78, 5) is 0. The summed E-state index contributed by atoms with van der Waals surface area (Å²) >= 11 is 0. The normalized spacial score (nSPS) is 11.7. The van der Waals surface area contributed by atoms with E-state index in [2.05, 4.69) is 146 Å². The van der Waals surface area contributed by atoms with Gasteiger partial charge in [0.25, 0.3) is 0 Å². The third-order valence-corrected chi connectivity index (χ3v) is 7.54. The monoisotopic (exact) mass is 470 g/mol. The van der Waals surface area contributed by atoms with Crippen LogP contribution in [0, 0.1) is 0 Å². The van der Waals surface area contributed by atoms with E-state index in [1.807, 2.05) is 0 Å². The predicted molar refractivity (Wildman–Crippen MR) is 156 cm³/mol. The van der Waals surface area contributed by atoms with Gasteiger partial charge >= 0.3 is 0 Å². The van der Waals surface area contributed by atoms with Crippen LogP contribution in [-0.4, -0.2) is 0 Å². The van der Waals surface area contributed by atoms with Crippen molar-refractivity contribution in [1.82, 2.24) is 0 Å². The van der Waals surface area contributed by atoms with Crippen molar-refractivity contribution in [3.8, 4) is 55.6 Å². The van der Waals surface area contributed by atoms with Crippen molar-refractivity contribution in [2.45, 2.75) is 6.42 Å². The second-order valence-electron chi connectivity index (χ2n) is 9.81. The minimum atomic E-state index is 1.01. The zero-order valence-electron chi connectivity index (χ0n) is 20.6. The first-order valence-corrected chi connectivity index (χ1v) is 12.9. The fraction of sp³-hybridized carbons (Fsp3) is 0.0270. The molecule has 0 aliphatic heterocycles. The lowest BCUT2D eigenvalue weighted by atomic mass is 9.95. The van der Waals surface area contributed by atoms with Gasteiger partial charge in [-0.05, 0) is 85.3 Å². The number of rotatable bonds is 4. The molecule has 0 bridgehead atoms. The lowest BCUT2D eigenvalue weighted by molar-refractivity contribution is 1.26. The lowest BCUT2D eigenvalue weighted by Gasteiger charge is -2.10. The second-order valence-corrected chi connectivity index (χ2v) is 9.81. The lowest BCUT2D eigenvalue weighted by Crippen LogP contribution is -1.85. The molecule has 0 spiro atoms. The molecule has 0 amide bonds. The molecule has 0 radical (unpaired) electrons. The molecule has 37 heavy (non-hydrogen) atoms. The largest absolute Gasteiger partial charge is 0.0622 e. The van der Waals surface area contributed by atoms with Crippen LogP contribution in [-0.2, 0) is 6.42 Å². The first kappa shape index (κ1) is 21.6. The molecule has 1 aliphatic carbocycles. The summed E-state index contributed by atoms with van der Waals surface area (Å²) in [6.07, 6.45) is 1.01. The van der Waals surface area contributed by atoms with Crippen molar-refractivity contribution in [2.24, 2.45) is 0 Å². The quantitative estimate of drug-likeness (QED) is 0.240. The average Bonchev–Trinajstić information content (AvgIpc) is 3.35. The van der Waals surface area contributed by atoms with E-state index < -0.39 is 0 Å². The molecular weight excluding hydrogens is 444 g/mol. The molecule has 0 aromatic heterocycles. The molecule has 0 fully saturated rings. The minimum Gasteiger partial charge on any atom is -0.0622 e. The maximum Gasteiger partial charge on any atom is -0.00134 e. The molecule has 0 saturated heterocycles. The van der Waals surface area contributed by atoms with E-state index in [1.54, 1.807) is 0 Å². The van der Waals surface area contributed by atoms with Gasteiger partial charge in [0.15, 0.2) is 0 Å². The smallest absolute Gasteiger partial charge is 0.00134 e. The van der Waals surface area contributed by atoms with Gasteiger partial charge in [0.1, 0.15) is 0 Å². The highest BCUT2D eigenvalue weighted by atomic mass is 14.2. The Morgan fingerprint density at radius 2 is 0.568 bits per heavy atom. The van der Waals surface area contributed by atoms with Gasteiger partial charge in [-0.15, -0.1) is 0 Å². The zero-order chi connectivity index (χ0) is 24.6. The Balaban J connectivity index is 1.20. The average molecular weight is 471 g/mol. The first-order valence-electron chi connectivity index (χ1n) is 12.9.